The molecule has 33 heavy (non-hydrogen) atoms. The Kier molecular flexibility index (Phi) is 5.88. The summed E-state index contributed by atoms with van der Waals surface area (Å²) < 4.78 is 28.4. The van der Waals surface area contributed by atoms with Crippen molar-refractivity contribution >= 4 is 33.4 Å². The standard InChI is InChI=1S/C23H21N3O6S/c1-15-4-6-16(7-5-15)22(28)25(14-18-3-2-12-32-18)20-13-21(27)26(23(20)29)17-8-10-19(11-9-17)33(24,30)31/h2-12,20H,13-14H2,1H3,(H2,24,30,31). The molecule has 0 radical (unpaired) electrons. The summed E-state index contributed by atoms with van der Waals surface area (Å²) in [6.45, 7) is 1.90. The Labute approximate surface area is 190 Å². The number of sulfonamides is 1. The van der Waals surface area contributed by atoms with Crippen LogP contribution < -0.4 is 10.0 Å². The van der Waals surface area contributed by atoms with Gasteiger partial charge in [0.2, 0.25) is 15.9 Å². The first-order valence-electron chi connectivity index (χ1n) is 10.0. The van der Waals surface area contributed by atoms with Crippen molar-refractivity contribution in [3.8, 4) is 0 Å². The molecule has 0 spiro atoms. The average Bonchev–Trinajstić information content (AvgIpc) is 3.39. The van der Waals surface area contributed by atoms with E-state index in [4.69, 9.17) is 9.56 Å². The monoisotopic (exact) mass is 467 g/mol. The van der Waals surface area contributed by atoms with Crippen LogP contribution in [-0.2, 0) is 26.2 Å². The van der Waals surface area contributed by atoms with Crippen LogP contribution in [0, 0.1) is 6.92 Å². The Bertz CT molecular complexity index is 1300. The summed E-state index contributed by atoms with van der Waals surface area (Å²) in [6, 6.07) is 14.3. The van der Waals surface area contributed by atoms with Crippen molar-refractivity contribution in [3.63, 3.8) is 0 Å². The molecule has 3 aromatic rings. The average molecular weight is 468 g/mol. The van der Waals surface area contributed by atoms with E-state index in [0.717, 1.165) is 10.5 Å². The molecular weight excluding hydrogens is 446 g/mol. The van der Waals surface area contributed by atoms with Crippen molar-refractivity contribution in [3.05, 3.63) is 83.8 Å². The predicted octanol–water partition coefficient (Wildman–Crippen LogP) is 2.21. The third-order valence-corrected chi connectivity index (χ3v) is 6.32. The van der Waals surface area contributed by atoms with Crippen LogP contribution in [0.5, 0.6) is 0 Å². The van der Waals surface area contributed by atoms with E-state index in [0.29, 0.717) is 11.3 Å². The van der Waals surface area contributed by atoms with Gasteiger partial charge in [-0.05, 0) is 55.5 Å². The molecule has 2 N–H and O–H groups in total. The van der Waals surface area contributed by atoms with Gasteiger partial charge in [0, 0.05) is 5.56 Å². The number of hydrogen-bond donors (Lipinski definition) is 1. The zero-order valence-corrected chi connectivity index (χ0v) is 18.5. The molecular formula is C23H21N3O6S. The van der Waals surface area contributed by atoms with Crippen LogP contribution in [0.2, 0.25) is 0 Å². The number of aryl methyl sites for hydroxylation is 1. The summed E-state index contributed by atoms with van der Waals surface area (Å²) in [6.07, 6.45) is 1.25. The molecule has 9 nitrogen and oxygen atoms in total. The number of nitrogens with two attached hydrogens (primary N) is 1. The van der Waals surface area contributed by atoms with Crippen LogP contribution in [0.15, 0.2) is 76.2 Å². The lowest BCUT2D eigenvalue weighted by Crippen LogP contribution is -2.45. The molecule has 3 amide bonds. The number of anilines is 1. The number of nitrogens with zero attached hydrogens (tertiary/aromatic N) is 2. The first-order chi connectivity index (χ1) is 15.6. The zero-order chi connectivity index (χ0) is 23.8. The molecule has 170 valence electrons. The van der Waals surface area contributed by atoms with E-state index in [1.54, 1.807) is 36.4 Å². The van der Waals surface area contributed by atoms with E-state index in [1.165, 1.54) is 35.4 Å². The molecule has 1 saturated heterocycles. The van der Waals surface area contributed by atoms with Gasteiger partial charge in [0.15, 0.2) is 0 Å². The second-order valence-electron chi connectivity index (χ2n) is 7.70. The smallest absolute Gasteiger partial charge is 0.257 e. The maximum atomic E-state index is 13.3. The summed E-state index contributed by atoms with van der Waals surface area (Å²) in [5.41, 5.74) is 1.55. The van der Waals surface area contributed by atoms with Gasteiger partial charge in [0.1, 0.15) is 11.8 Å². The number of benzene rings is 2. The number of hydrogen-bond acceptors (Lipinski definition) is 6. The highest BCUT2D eigenvalue weighted by Gasteiger charge is 2.44. The van der Waals surface area contributed by atoms with Gasteiger partial charge < -0.3 is 9.32 Å². The van der Waals surface area contributed by atoms with Gasteiger partial charge >= 0.3 is 0 Å². The Morgan fingerprint density at radius 2 is 1.76 bits per heavy atom. The molecule has 1 fully saturated rings. The number of rotatable bonds is 6. The molecule has 0 saturated carbocycles. The molecule has 2 aromatic carbocycles. The molecule has 1 aliphatic heterocycles. The minimum Gasteiger partial charge on any atom is -0.467 e. The number of primary sulfonamides is 1. The van der Waals surface area contributed by atoms with Gasteiger partial charge in [0.25, 0.3) is 11.8 Å². The molecule has 0 bridgehead atoms. The Morgan fingerprint density at radius 3 is 2.33 bits per heavy atom. The fourth-order valence-electron chi connectivity index (χ4n) is 3.67. The van der Waals surface area contributed by atoms with Crippen molar-refractivity contribution < 1.29 is 27.2 Å². The minimum absolute atomic E-state index is 0.00158. The fourth-order valence-corrected chi connectivity index (χ4v) is 4.19. The van der Waals surface area contributed by atoms with E-state index in [9.17, 15) is 22.8 Å². The zero-order valence-electron chi connectivity index (χ0n) is 17.7. The molecule has 2 heterocycles. The number of imide groups is 1. The van der Waals surface area contributed by atoms with Gasteiger partial charge in [-0.3, -0.25) is 14.4 Å². The van der Waals surface area contributed by atoms with Crippen molar-refractivity contribution in [1.82, 2.24) is 4.90 Å². The molecule has 1 atom stereocenters. The molecule has 1 aliphatic rings. The third kappa shape index (κ3) is 4.57. The summed E-state index contributed by atoms with van der Waals surface area (Å²) >= 11 is 0. The maximum Gasteiger partial charge on any atom is 0.257 e. The van der Waals surface area contributed by atoms with Crippen LogP contribution in [0.25, 0.3) is 0 Å². The normalized spacial score (nSPS) is 16.3. The lowest BCUT2D eigenvalue weighted by atomic mass is 10.1. The van der Waals surface area contributed by atoms with Crippen molar-refractivity contribution in [2.24, 2.45) is 5.14 Å². The van der Waals surface area contributed by atoms with E-state index < -0.39 is 33.8 Å². The van der Waals surface area contributed by atoms with Crippen LogP contribution in [0.1, 0.15) is 28.1 Å². The molecule has 1 unspecified atom stereocenters. The van der Waals surface area contributed by atoms with Crippen molar-refractivity contribution in [1.29, 1.82) is 0 Å². The van der Waals surface area contributed by atoms with Gasteiger partial charge in [0.05, 0.1) is 29.8 Å². The Balaban J connectivity index is 1.66. The highest BCUT2D eigenvalue weighted by Crippen LogP contribution is 2.28. The number of carbonyl (C=O) groups excluding carboxylic acids is 3. The SMILES string of the molecule is Cc1ccc(C(=O)N(Cc2ccco2)C2CC(=O)N(c3ccc(S(N)(=O)=O)cc3)C2=O)cc1. The number of amides is 3. The molecule has 4 rings (SSSR count). The highest BCUT2D eigenvalue weighted by atomic mass is 32.2. The van der Waals surface area contributed by atoms with Crippen LogP contribution >= 0.6 is 0 Å². The molecule has 10 heteroatoms. The maximum absolute atomic E-state index is 13.3. The summed E-state index contributed by atoms with van der Waals surface area (Å²) in [7, 11) is -3.92. The summed E-state index contributed by atoms with van der Waals surface area (Å²) in [4.78, 5) is 41.6. The van der Waals surface area contributed by atoms with E-state index >= 15 is 0 Å². The van der Waals surface area contributed by atoms with Crippen molar-refractivity contribution in [2.45, 2.75) is 30.8 Å². The summed E-state index contributed by atoms with van der Waals surface area (Å²) in [5, 5.41) is 5.11. The van der Waals surface area contributed by atoms with Gasteiger partial charge in [-0.25, -0.2) is 18.5 Å². The Hall–Kier alpha value is -3.76. The number of furan rings is 1. The van der Waals surface area contributed by atoms with Crippen LogP contribution in [-0.4, -0.2) is 37.1 Å². The second-order valence-corrected chi connectivity index (χ2v) is 9.27. The second kappa shape index (κ2) is 8.64. The van der Waals surface area contributed by atoms with E-state index in [1.807, 2.05) is 6.92 Å². The first-order valence-corrected chi connectivity index (χ1v) is 11.6. The third-order valence-electron chi connectivity index (χ3n) is 5.39. The van der Waals surface area contributed by atoms with Crippen LogP contribution in [0.3, 0.4) is 0 Å². The summed E-state index contributed by atoms with van der Waals surface area (Å²) in [5.74, 6) is -1.04. The number of carbonyl (C=O) groups is 3. The lowest BCUT2D eigenvalue weighted by molar-refractivity contribution is -0.122. The van der Waals surface area contributed by atoms with Gasteiger partial charge in [-0.2, -0.15) is 0 Å². The molecule has 0 aliphatic carbocycles. The first kappa shape index (κ1) is 22.4. The van der Waals surface area contributed by atoms with Crippen LogP contribution in [0.4, 0.5) is 5.69 Å². The van der Waals surface area contributed by atoms with E-state index in [-0.39, 0.29) is 23.5 Å². The Morgan fingerprint density at radius 1 is 1.09 bits per heavy atom. The van der Waals surface area contributed by atoms with Gasteiger partial charge in [-0.1, -0.05) is 17.7 Å². The lowest BCUT2D eigenvalue weighted by Gasteiger charge is -2.27. The van der Waals surface area contributed by atoms with E-state index in [2.05, 4.69) is 0 Å². The minimum atomic E-state index is -3.92. The van der Waals surface area contributed by atoms with Crippen molar-refractivity contribution in [2.75, 3.05) is 4.90 Å². The quantitative estimate of drug-likeness (QED) is 0.553. The van der Waals surface area contributed by atoms with Gasteiger partial charge in [-0.15, -0.1) is 0 Å². The fraction of sp³-hybridized carbons (Fsp3) is 0.174. The predicted molar refractivity (Wildman–Crippen MR) is 118 cm³/mol. The molecule has 1 aromatic heterocycles. The topological polar surface area (TPSA) is 131 Å². The largest absolute Gasteiger partial charge is 0.467 e. The highest BCUT2D eigenvalue weighted by molar-refractivity contribution is 7.89.